The average Bonchev–Trinajstić information content (AvgIpc) is 2.75. The van der Waals surface area contributed by atoms with E-state index < -0.39 is 0 Å². The van der Waals surface area contributed by atoms with Gasteiger partial charge in [-0.2, -0.15) is 0 Å². The van der Waals surface area contributed by atoms with Crippen LogP contribution in [0.4, 0.5) is 0 Å². The molecule has 1 rings (SSSR count). The molecule has 0 saturated heterocycles. The monoisotopic (exact) mass is 241 g/mol. The zero-order valence-electron chi connectivity index (χ0n) is 10.5. The fraction of sp³-hybridized carbons (Fsp3) is 0.692. The third kappa shape index (κ3) is 5.10. The molecule has 0 saturated carbocycles. The molecule has 0 bridgehead atoms. The van der Waals surface area contributed by atoms with E-state index in [4.69, 9.17) is 4.74 Å². The topological polar surface area (TPSA) is 21.3 Å². The number of likely N-dealkylation sites (N-methyl/N-ethyl adjacent to an activating group) is 1. The number of thiophene rings is 1. The minimum absolute atomic E-state index is 0.333. The number of hydrogen-bond donors (Lipinski definition) is 1. The highest BCUT2D eigenvalue weighted by molar-refractivity contribution is 7.09. The molecule has 1 heterocycles. The molecule has 92 valence electrons. The van der Waals surface area contributed by atoms with Crippen LogP contribution >= 0.6 is 11.3 Å². The van der Waals surface area contributed by atoms with Crippen molar-refractivity contribution in [2.45, 2.75) is 33.3 Å². The Morgan fingerprint density at radius 2 is 2.25 bits per heavy atom. The maximum atomic E-state index is 5.92. The second-order valence-corrected chi connectivity index (χ2v) is 5.32. The first-order valence-electron chi connectivity index (χ1n) is 6.08. The lowest BCUT2D eigenvalue weighted by atomic mass is 10.1. The summed E-state index contributed by atoms with van der Waals surface area (Å²) in [6.07, 6.45) is 1.37. The van der Waals surface area contributed by atoms with Gasteiger partial charge in [0.1, 0.15) is 0 Å². The summed E-state index contributed by atoms with van der Waals surface area (Å²) in [4.78, 5) is 1.41. The lowest BCUT2D eigenvalue weighted by Gasteiger charge is -2.21. The molecule has 0 fully saturated rings. The van der Waals surface area contributed by atoms with Gasteiger partial charge in [-0.15, -0.1) is 11.3 Å². The fourth-order valence-corrected chi connectivity index (χ4v) is 2.23. The Bertz CT molecular complexity index is 259. The van der Waals surface area contributed by atoms with Gasteiger partial charge in [0.2, 0.25) is 0 Å². The first-order chi connectivity index (χ1) is 7.74. The molecule has 0 aliphatic carbocycles. The van der Waals surface area contributed by atoms with Crippen molar-refractivity contribution in [3.63, 3.8) is 0 Å². The summed E-state index contributed by atoms with van der Waals surface area (Å²) in [6, 6.07) is 4.27. The lowest BCUT2D eigenvalue weighted by Crippen LogP contribution is -2.33. The van der Waals surface area contributed by atoms with E-state index in [2.05, 4.69) is 43.6 Å². The molecule has 0 spiro atoms. The summed E-state index contributed by atoms with van der Waals surface area (Å²) in [5.74, 6) is 0.572. The quantitative estimate of drug-likeness (QED) is 0.755. The van der Waals surface area contributed by atoms with Crippen molar-refractivity contribution in [3.05, 3.63) is 22.4 Å². The number of nitrogens with one attached hydrogen (secondary N) is 1. The fourth-order valence-electron chi connectivity index (χ4n) is 1.54. The Balaban J connectivity index is 2.21. The zero-order chi connectivity index (χ0) is 11.8. The molecule has 3 heteroatoms. The van der Waals surface area contributed by atoms with Gasteiger partial charge in [0.05, 0.1) is 12.7 Å². The second-order valence-electron chi connectivity index (χ2n) is 4.29. The van der Waals surface area contributed by atoms with Crippen LogP contribution in [0.15, 0.2) is 17.5 Å². The first kappa shape index (κ1) is 13.7. The molecule has 1 unspecified atom stereocenters. The van der Waals surface area contributed by atoms with Crippen molar-refractivity contribution in [2.75, 3.05) is 19.7 Å². The summed E-state index contributed by atoms with van der Waals surface area (Å²) in [7, 11) is 0. The van der Waals surface area contributed by atoms with Gasteiger partial charge in [-0.05, 0) is 23.9 Å². The van der Waals surface area contributed by atoms with Crippen molar-refractivity contribution < 1.29 is 4.74 Å². The molecule has 0 amide bonds. The van der Waals surface area contributed by atoms with Crippen LogP contribution in [0.25, 0.3) is 0 Å². The van der Waals surface area contributed by atoms with E-state index in [1.165, 1.54) is 4.88 Å². The Kier molecular flexibility index (Phi) is 6.69. The maximum absolute atomic E-state index is 5.92. The standard InChI is InChI=1S/C13H23NOS/c1-4-14-10-13(11(2)3)15-8-7-12-6-5-9-16-12/h5-6,9,11,13-14H,4,7-8,10H2,1-3H3. The van der Waals surface area contributed by atoms with Crippen molar-refractivity contribution in [1.82, 2.24) is 5.32 Å². The van der Waals surface area contributed by atoms with Crippen molar-refractivity contribution in [2.24, 2.45) is 5.92 Å². The molecule has 2 nitrogen and oxygen atoms in total. The maximum Gasteiger partial charge on any atom is 0.0722 e. The van der Waals surface area contributed by atoms with Gasteiger partial charge in [0.25, 0.3) is 0 Å². The molecular formula is C13H23NOS. The van der Waals surface area contributed by atoms with E-state index in [9.17, 15) is 0 Å². The predicted molar refractivity (Wildman–Crippen MR) is 71.1 cm³/mol. The van der Waals surface area contributed by atoms with Crippen LogP contribution in [-0.2, 0) is 11.2 Å². The molecule has 0 aromatic carbocycles. The van der Waals surface area contributed by atoms with Crippen LogP contribution in [0.2, 0.25) is 0 Å². The van der Waals surface area contributed by atoms with Crippen LogP contribution in [0.5, 0.6) is 0 Å². The van der Waals surface area contributed by atoms with Gasteiger partial charge >= 0.3 is 0 Å². The molecule has 16 heavy (non-hydrogen) atoms. The van der Waals surface area contributed by atoms with Crippen LogP contribution in [-0.4, -0.2) is 25.8 Å². The van der Waals surface area contributed by atoms with Crippen LogP contribution in [0.1, 0.15) is 25.6 Å². The van der Waals surface area contributed by atoms with Crippen LogP contribution in [0.3, 0.4) is 0 Å². The highest BCUT2D eigenvalue weighted by Crippen LogP contribution is 2.11. The third-order valence-electron chi connectivity index (χ3n) is 2.60. The minimum atomic E-state index is 0.333. The van der Waals surface area contributed by atoms with Crippen molar-refractivity contribution in [1.29, 1.82) is 0 Å². The average molecular weight is 241 g/mol. The van der Waals surface area contributed by atoms with Gasteiger partial charge in [0, 0.05) is 17.8 Å². The summed E-state index contributed by atoms with van der Waals surface area (Å²) in [6.45, 7) is 9.36. The van der Waals surface area contributed by atoms with E-state index in [-0.39, 0.29) is 0 Å². The van der Waals surface area contributed by atoms with E-state index in [1.54, 1.807) is 11.3 Å². The SMILES string of the molecule is CCNCC(OCCc1cccs1)C(C)C. The summed E-state index contributed by atoms with van der Waals surface area (Å²) in [5, 5.41) is 5.47. The van der Waals surface area contributed by atoms with Crippen molar-refractivity contribution >= 4 is 11.3 Å². The molecule has 0 radical (unpaired) electrons. The smallest absolute Gasteiger partial charge is 0.0722 e. The minimum Gasteiger partial charge on any atom is -0.376 e. The molecule has 1 aromatic rings. The van der Waals surface area contributed by atoms with Crippen LogP contribution < -0.4 is 5.32 Å². The van der Waals surface area contributed by atoms with Gasteiger partial charge in [-0.3, -0.25) is 0 Å². The first-order valence-corrected chi connectivity index (χ1v) is 6.96. The second kappa shape index (κ2) is 7.82. The summed E-state index contributed by atoms with van der Waals surface area (Å²) < 4.78 is 5.92. The molecule has 0 aliphatic heterocycles. The van der Waals surface area contributed by atoms with Gasteiger partial charge in [0.15, 0.2) is 0 Å². The van der Waals surface area contributed by atoms with Crippen LogP contribution in [0, 0.1) is 5.92 Å². The van der Waals surface area contributed by atoms with E-state index in [1.807, 2.05) is 0 Å². The summed E-state index contributed by atoms with van der Waals surface area (Å²) in [5.41, 5.74) is 0. The predicted octanol–water partition coefficient (Wildman–Crippen LogP) is 2.94. The third-order valence-corrected chi connectivity index (χ3v) is 3.54. The van der Waals surface area contributed by atoms with E-state index in [0.29, 0.717) is 12.0 Å². The Morgan fingerprint density at radius 3 is 2.81 bits per heavy atom. The van der Waals surface area contributed by atoms with E-state index in [0.717, 1.165) is 26.1 Å². The van der Waals surface area contributed by atoms with Gasteiger partial charge in [-0.25, -0.2) is 0 Å². The van der Waals surface area contributed by atoms with Gasteiger partial charge in [-0.1, -0.05) is 26.8 Å². The number of ether oxygens (including phenoxy) is 1. The Morgan fingerprint density at radius 1 is 1.44 bits per heavy atom. The Labute approximate surface area is 103 Å². The highest BCUT2D eigenvalue weighted by Gasteiger charge is 2.12. The highest BCUT2D eigenvalue weighted by atomic mass is 32.1. The van der Waals surface area contributed by atoms with Gasteiger partial charge < -0.3 is 10.1 Å². The van der Waals surface area contributed by atoms with Crippen molar-refractivity contribution in [3.8, 4) is 0 Å². The van der Waals surface area contributed by atoms with E-state index >= 15 is 0 Å². The molecule has 0 aliphatic rings. The normalized spacial score (nSPS) is 13.2. The summed E-state index contributed by atoms with van der Waals surface area (Å²) >= 11 is 1.81. The molecule has 1 atom stereocenters. The molecular weight excluding hydrogens is 218 g/mol. The molecule has 1 aromatic heterocycles. The molecule has 1 N–H and O–H groups in total. The zero-order valence-corrected chi connectivity index (χ0v) is 11.3. The lowest BCUT2D eigenvalue weighted by molar-refractivity contribution is 0.0253. The number of hydrogen-bond acceptors (Lipinski definition) is 3. The number of rotatable bonds is 8. The Hall–Kier alpha value is -0.380. The largest absolute Gasteiger partial charge is 0.376 e.